The Morgan fingerprint density at radius 2 is 1.31 bits per heavy atom. The Hall–Kier alpha value is -0.350. The van der Waals surface area contributed by atoms with E-state index in [-0.39, 0.29) is 25.2 Å². The highest BCUT2D eigenvalue weighted by Crippen LogP contribution is 2.45. The Morgan fingerprint density at radius 3 is 1.46 bits per heavy atom. The van der Waals surface area contributed by atoms with E-state index in [2.05, 4.69) is 34.6 Å². The van der Waals surface area contributed by atoms with E-state index in [1.165, 1.54) is 19.8 Å². The molecule has 1 saturated carbocycles. The van der Waals surface area contributed by atoms with Gasteiger partial charge in [0, 0.05) is 12.8 Å². The van der Waals surface area contributed by atoms with Gasteiger partial charge in [-0.15, -0.1) is 0 Å². The molecule has 0 nitrogen and oxygen atoms in total. The maximum absolute atomic E-state index is 12.2. The number of hydrogen-bond acceptors (Lipinski definition) is 0. The van der Waals surface area contributed by atoms with Crippen LogP contribution in [0.25, 0.3) is 0 Å². The van der Waals surface area contributed by atoms with Gasteiger partial charge in [0.05, 0.1) is 5.92 Å². The van der Waals surface area contributed by atoms with Crippen molar-refractivity contribution in [2.45, 2.75) is 106 Å². The van der Waals surface area contributed by atoms with Crippen molar-refractivity contribution < 1.29 is 22.0 Å². The summed E-state index contributed by atoms with van der Waals surface area (Å²) in [6.07, 6.45) is 0.150. The minimum atomic E-state index is -4.01. The van der Waals surface area contributed by atoms with Gasteiger partial charge in [0.2, 0.25) is 5.92 Å². The molecule has 0 N–H and O–H groups in total. The van der Waals surface area contributed by atoms with Crippen molar-refractivity contribution >= 4 is 0 Å². The first-order valence-electron chi connectivity index (χ1n) is 10.0. The first-order chi connectivity index (χ1) is 11.6. The van der Waals surface area contributed by atoms with Crippen LogP contribution in [0.2, 0.25) is 0 Å². The number of alkyl halides is 5. The van der Waals surface area contributed by atoms with E-state index in [9.17, 15) is 22.0 Å². The van der Waals surface area contributed by atoms with Crippen molar-refractivity contribution in [3.05, 3.63) is 0 Å². The third-order valence-electron chi connectivity index (χ3n) is 4.23. The summed E-state index contributed by atoms with van der Waals surface area (Å²) in [5.41, 5.74) is 0. The lowest BCUT2D eigenvalue weighted by atomic mass is 9.77. The average molecular weight is 389 g/mol. The Morgan fingerprint density at radius 1 is 0.846 bits per heavy atom. The number of rotatable bonds is 6. The SMILES string of the molecule is CC(C)CC(C)C(F)(F)F.CC(C)CC1CC(F)(F)C1.CCCC(C)C. The smallest absolute Gasteiger partial charge is 0.207 e. The first-order valence-corrected chi connectivity index (χ1v) is 10.0. The van der Waals surface area contributed by atoms with E-state index in [0.717, 1.165) is 12.3 Å². The highest BCUT2D eigenvalue weighted by molar-refractivity contribution is 4.86. The molecule has 0 bridgehead atoms. The third-order valence-corrected chi connectivity index (χ3v) is 4.23. The van der Waals surface area contributed by atoms with Crippen LogP contribution in [0.1, 0.15) is 93.9 Å². The second-order valence-electron chi connectivity index (χ2n) is 9.01. The Balaban J connectivity index is 0. The fourth-order valence-electron chi connectivity index (χ4n) is 3.04. The molecule has 26 heavy (non-hydrogen) atoms. The van der Waals surface area contributed by atoms with Gasteiger partial charge in [-0.05, 0) is 36.5 Å². The van der Waals surface area contributed by atoms with Crippen LogP contribution in [-0.2, 0) is 0 Å². The van der Waals surface area contributed by atoms with Gasteiger partial charge >= 0.3 is 6.18 Å². The second-order valence-corrected chi connectivity index (χ2v) is 9.01. The Bertz CT molecular complexity index is 321. The second kappa shape index (κ2) is 12.9. The van der Waals surface area contributed by atoms with Crippen LogP contribution >= 0.6 is 0 Å². The van der Waals surface area contributed by atoms with E-state index in [4.69, 9.17) is 0 Å². The molecular weight excluding hydrogens is 347 g/mol. The lowest BCUT2D eigenvalue weighted by molar-refractivity contribution is -0.173. The molecule has 5 heteroatoms. The van der Waals surface area contributed by atoms with Crippen LogP contribution in [0, 0.1) is 29.6 Å². The summed E-state index contributed by atoms with van der Waals surface area (Å²) in [6, 6.07) is 0. The van der Waals surface area contributed by atoms with Crippen molar-refractivity contribution in [1.82, 2.24) is 0 Å². The molecule has 0 heterocycles. The molecule has 1 aliphatic rings. The number of hydrogen-bond donors (Lipinski definition) is 0. The van der Waals surface area contributed by atoms with Gasteiger partial charge in [0.15, 0.2) is 0 Å². The summed E-state index contributed by atoms with van der Waals surface area (Å²) in [5.74, 6) is -1.59. The third kappa shape index (κ3) is 17.1. The largest absolute Gasteiger partial charge is 0.391 e. The average Bonchev–Trinajstić information content (AvgIpc) is 2.35. The molecule has 160 valence electrons. The molecule has 1 rings (SSSR count). The van der Waals surface area contributed by atoms with E-state index in [0.29, 0.717) is 11.8 Å². The summed E-state index contributed by atoms with van der Waals surface area (Å²) in [6.45, 7) is 15.7. The highest BCUT2D eigenvalue weighted by atomic mass is 19.4. The van der Waals surface area contributed by atoms with Gasteiger partial charge in [-0.2, -0.15) is 13.2 Å². The standard InChI is InChI=1S/C8H14F2.C7H13F3.C6H14/c1-6(2)3-7-4-8(9,10)5-7;1-5(2)4-6(3)7(8,9)10;1-4-5-6(2)3/h6-7H,3-5H2,1-2H3;5-6H,4H2,1-3H3;6H,4-5H2,1-3H3. The van der Waals surface area contributed by atoms with Crippen LogP contribution in [0.15, 0.2) is 0 Å². The molecule has 0 radical (unpaired) electrons. The van der Waals surface area contributed by atoms with E-state index in [1.807, 2.05) is 0 Å². The minimum absolute atomic E-state index is 0.122. The lowest BCUT2D eigenvalue weighted by Crippen LogP contribution is -2.35. The van der Waals surface area contributed by atoms with Gasteiger partial charge in [0.25, 0.3) is 0 Å². The van der Waals surface area contributed by atoms with Crippen LogP contribution < -0.4 is 0 Å². The van der Waals surface area contributed by atoms with Crippen molar-refractivity contribution in [1.29, 1.82) is 0 Å². The molecule has 0 aromatic carbocycles. The van der Waals surface area contributed by atoms with Crippen LogP contribution in [0.5, 0.6) is 0 Å². The maximum atomic E-state index is 12.2. The van der Waals surface area contributed by atoms with E-state index in [1.54, 1.807) is 13.8 Å². The molecule has 1 unspecified atom stereocenters. The van der Waals surface area contributed by atoms with Gasteiger partial charge in [-0.1, -0.05) is 68.2 Å². The molecule has 0 saturated heterocycles. The van der Waals surface area contributed by atoms with Crippen molar-refractivity contribution in [3.8, 4) is 0 Å². The zero-order chi connectivity index (χ0) is 21.1. The fourth-order valence-corrected chi connectivity index (χ4v) is 3.04. The Labute approximate surface area is 158 Å². The molecule has 0 aromatic heterocycles. The van der Waals surface area contributed by atoms with Gasteiger partial charge in [-0.25, -0.2) is 8.78 Å². The zero-order valence-electron chi connectivity index (χ0n) is 18.0. The molecular formula is C21H41F5. The molecule has 1 aliphatic carbocycles. The topological polar surface area (TPSA) is 0 Å². The predicted molar refractivity (Wildman–Crippen MR) is 102 cm³/mol. The van der Waals surface area contributed by atoms with Crippen molar-refractivity contribution in [2.75, 3.05) is 0 Å². The predicted octanol–water partition coefficient (Wildman–Crippen LogP) is 8.75. The Kier molecular flexibility index (Phi) is 13.9. The normalized spacial score (nSPS) is 18.0. The van der Waals surface area contributed by atoms with Crippen molar-refractivity contribution in [2.24, 2.45) is 29.6 Å². The van der Waals surface area contributed by atoms with Gasteiger partial charge < -0.3 is 0 Å². The summed E-state index contributed by atoms with van der Waals surface area (Å²) in [4.78, 5) is 0. The zero-order valence-corrected chi connectivity index (χ0v) is 18.0. The van der Waals surface area contributed by atoms with E-state index >= 15 is 0 Å². The maximum Gasteiger partial charge on any atom is 0.391 e. The highest BCUT2D eigenvalue weighted by Gasteiger charge is 2.44. The molecule has 0 aromatic rings. The summed E-state index contributed by atoms with van der Waals surface area (Å²) in [7, 11) is 0. The molecule has 1 atom stereocenters. The first kappa shape index (κ1) is 27.9. The van der Waals surface area contributed by atoms with E-state index < -0.39 is 18.0 Å². The summed E-state index contributed by atoms with van der Waals surface area (Å²) in [5, 5.41) is 0. The number of halogens is 5. The van der Waals surface area contributed by atoms with Crippen LogP contribution in [0.3, 0.4) is 0 Å². The molecule has 0 amide bonds. The summed E-state index contributed by atoms with van der Waals surface area (Å²) < 4.78 is 59.9. The lowest BCUT2D eigenvalue weighted by Gasteiger charge is -2.35. The molecule has 0 spiro atoms. The monoisotopic (exact) mass is 388 g/mol. The minimum Gasteiger partial charge on any atom is -0.207 e. The fraction of sp³-hybridized carbons (Fsp3) is 1.00. The molecule has 1 fully saturated rings. The van der Waals surface area contributed by atoms with Gasteiger partial charge in [-0.3, -0.25) is 0 Å². The van der Waals surface area contributed by atoms with Crippen LogP contribution in [-0.4, -0.2) is 12.1 Å². The van der Waals surface area contributed by atoms with Gasteiger partial charge in [0.1, 0.15) is 0 Å². The van der Waals surface area contributed by atoms with Crippen molar-refractivity contribution in [3.63, 3.8) is 0 Å². The van der Waals surface area contributed by atoms with Crippen LogP contribution in [0.4, 0.5) is 22.0 Å². The quantitative estimate of drug-likeness (QED) is 0.399. The molecule has 0 aliphatic heterocycles. The summed E-state index contributed by atoms with van der Waals surface area (Å²) >= 11 is 0.